The lowest BCUT2D eigenvalue weighted by Crippen LogP contribution is -2.42. The highest BCUT2D eigenvalue weighted by atomic mass is 127. The Hall–Kier alpha value is -0.830. The van der Waals surface area contributed by atoms with Crippen molar-refractivity contribution in [2.45, 2.75) is 38.5 Å². The number of rotatable bonds is 9. The van der Waals surface area contributed by atoms with Gasteiger partial charge in [0.05, 0.1) is 20.2 Å². The minimum atomic E-state index is -0.0151. The largest absolute Gasteiger partial charge is 0.493 e. The molecule has 0 heterocycles. The lowest BCUT2D eigenvalue weighted by Gasteiger charge is -2.21. The number of hydrogen-bond donors (Lipinski definition) is 2. The van der Waals surface area contributed by atoms with Crippen molar-refractivity contribution in [3.8, 4) is 11.5 Å². The van der Waals surface area contributed by atoms with E-state index >= 15 is 0 Å². The molecule has 144 valence electrons. The van der Waals surface area contributed by atoms with Crippen LogP contribution in [0.15, 0.2) is 29.3 Å². The third kappa shape index (κ3) is 9.44. The van der Waals surface area contributed by atoms with Crippen LogP contribution in [0.5, 0.6) is 11.5 Å². The number of aliphatic imine (C=N–C) groups is 1. The molecule has 0 saturated carbocycles. The fourth-order valence-corrected chi connectivity index (χ4v) is 2.08. The van der Waals surface area contributed by atoms with Crippen LogP contribution in [0.1, 0.15) is 27.7 Å². The van der Waals surface area contributed by atoms with E-state index in [-0.39, 0.29) is 34.8 Å². The fourth-order valence-electron chi connectivity index (χ4n) is 1.89. The van der Waals surface area contributed by atoms with Crippen LogP contribution in [0.3, 0.4) is 0 Å². The topological polar surface area (TPSA) is 54.9 Å². The number of guanidine groups is 1. The molecular formula is C18H32IN3O2S. The summed E-state index contributed by atoms with van der Waals surface area (Å²) in [5, 5.41) is 6.61. The lowest BCUT2D eigenvalue weighted by atomic mass is 10.2. The molecule has 0 fully saturated rings. The molecule has 1 rings (SSSR count). The van der Waals surface area contributed by atoms with Crippen molar-refractivity contribution in [2.75, 3.05) is 33.0 Å². The van der Waals surface area contributed by atoms with Crippen LogP contribution >= 0.6 is 35.7 Å². The summed E-state index contributed by atoms with van der Waals surface area (Å²) in [6.45, 7) is 10.7. The van der Waals surface area contributed by atoms with Gasteiger partial charge in [-0.25, -0.2) is 0 Å². The molecule has 0 aromatic heterocycles. The van der Waals surface area contributed by atoms with Crippen LogP contribution in [0.25, 0.3) is 0 Å². The van der Waals surface area contributed by atoms with Gasteiger partial charge in [0.15, 0.2) is 17.5 Å². The third-order valence-corrected chi connectivity index (χ3v) is 4.70. The van der Waals surface area contributed by atoms with Gasteiger partial charge in [0.25, 0.3) is 0 Å². The summed E-state index contributed by atoms with van der Waals surface area (Å²) in [7, 11) is 1.65. The highest BCUT2D eigenvalue weighted by Crippen LogP contribution is 2.26. The second-order valence-electron chi connectivity index (χ2n) is 6.12. The number of halogens is 1. The SMILES string of the molecule is CCNC(=NCC(C)(C)SC)NCC(C)Oc1ccccc1OC.I. The second kappa shape index (κ2) is 12.5. The zero-order chi connectivity index (χ0) is 18.0. The first-order valence-electron chi connectivity index (χ1n) is 8.29. The molecule has 5 nitrogen and oxygen atoms in total. The van der Waals surface area contributed by atoms with Crippen molar-refractivity contribution in [1.82, 2.24) is 10.6 Å². The lowest BCUT2D eigenvalue weighted by molar-refractivity contribution is 0.213. The normalized spacial score (nSPS) is 12.8. The summed E-state index contributed by atoms with van der Waals surface area (Å²) in [5.41, 5.74) is 0. The molecule has 2 N–H and O–H groups in total. The molecule has 0 saturated heterocycles. The van der Waals surface area contributed by atoms with Gasteiger partial charge >= 0.3 is 0 Å². The Balaban J connectivity index is 0.00000576. The summed E-state index contributed by atoms with van der Waals surface area (Å²) in [5.74, 6) is 2.31. The van der Waals surface area contributed by atoms with E-state index in [0.29, 0.717) is 6.54 Å². The van der Waals surface area contributed by atoms with Crippen molar-refractivity contribution in [3.63, 3.8) is 0 Å². The Bertz CT molecular complexity index is 527. The smallest absolute Gasteiger partial charge is 0.191 e. The van der Waals surface area contributed by atoms with Crippen LogP contribution < -0.4 is 20.1 Å². The van der Waals surface area contributed by atoms with Gasteiger partial charge in [0, 0.05) is 11.3 Å². The zero-order valence-corrected chi connectivity index (χ0v) is 19.2. The molecule has 1 aromatic rings. The first-order chi connectivity index (χ1) is 11.4. The van der Waals surface area contributed by atoms with Gasteiger partial charge in [-0.1, -0.05) is 12.1 Å². The van der Waals surface area contributed by atoms with Crippen LogP contribution in [0, 0.1) is 0 Å². The van der Waals surface area contributed by atoms with Crippen molar-refractivity contribution < 1.29 is 9.47 Å². The molecule has 1 aromatic carbocycles. The average molecular weight is 481 g/mol. The number of hydrogen-bond acceptors (Lipinski definition) is 4. The van der Waals surface area contributed by atoms with Gasteiger partial charge in [0.2, 0.25) is 0 Å². The van der Waals surface area contributed by atoms with Crippen LogP contribution in [-0.2, 0) is 0 Å². The Labute approximate surface area is 173 Å². The Morgan fingerprint density at radius 3 is 2.44 bits per heavy atom. The number of thioether (sulfide) groups is 1. The van der Waals surface area contributed by atoms with Crippen molar-refractivity contribution in [3.05, 3.63) is 24.3 Å². The van der Waals surface area contributed by atoms with E-state index in [1.807, 2.05) is 43.0 Å². The van der Waals surface area contributed by atoms with E-state index in [1.165, 1.54) is 0 Å². The Kier molecular flexibility index (Phi) is 12.1. The van der Waals surface area contributed by atoms with Gasteiger partial charge in [0.1, 0.15) is 6.10 Å². The van der Waals surface area contributed by atoms with Crippen LogP contribution in [0.4, 0.5) is 0 Å². The highest BCUT2D eigenvalue weighted by Gasteiger charge is 2.15. The highest BCUT2D eigenvalue weighted by molar-refractivity contribution is 14.0. The maximum Gasteiger partial charge on any atom is 0.191 e. The third-order valence-electron chi connectivity index (χ3n) is 3.47. The first kappa shape index (κ1) is 24.2. The number of nitrogens with one attached hydrogen (secondary N) is 2. The molecule has 0 aliphatic rings. The van der Waals surface area contributed by atoms with E-state index in [9.17, 15) is 0 Å². The van der Waals surface area contributed by atoms with Crippen molar-refractivity contribution in [1.29, 1.82) is 0 Å². The summed E-state index contributed by atoms with van der Waals surface area (Å²) in [6, 6.07) is 7.67. The van der Waals surface area contributed by atoms with Crippen molar-refractivity contribution in [2.24, 2.45) is 4.99 Å². The predicted molar refractivity (Wildman–Crippen MR) is 120 cm³/mol. The average Bonchev–Trinajstić information content (AvgIpc) is 2.58. The van der Waals surface area contributed by atoms with E-state index in [4.69, 9.17) is 9.47 Å². The zero-order valence-electron chi connectivity index (χ0n) is 16.1. The minimum Gasteiger partial charge on any atom is -0.493 e. The molecule has 0 aliphatic carbocycles. The van der Waals surface area contributed by atoms with E-state index < -0.39 is 0 Å². The van der Waals surface area contributed by atoms with E-state index in [2.05, 4.69) is 42.7 Å². The number of benzene rings is 1. The summed E-state index contributed by atoms with van der Waals surface area (Å²) < 4.78 is 11.4. The van der Waals surface area contributed by atoms with Gasteiger partial charge in [-0.3, -0.25) is 4.99 Å². The maximum absolute atomic E-state index is 5.96. The molecule has 7 heteroatoms. The molecular weight excluding hydrogens is 449 g/mol. The molecule has 0 aliphatic heterocycles. The van der Waals surface area contributed by atoms with Crippen molar-refractivity contribution >= 4 is 41.7 Å². The first-order valence-corrected chi connectivity index (χ1v) is 9.51. The molecule has 0 radical (unpaired) electrons. The molecule has 0 amide bonds. The Morgan fingerprint density at radius 1 is 1.24 bits per heavy atom. The Morgan fingerprint density at radius 2 is 1.88 bits per heavy atom. The molecule has 0 bridgehead atoms. The molecule has 0 spiro atoms. The summed E-state index contributed by atoms with van der Waals surface area (Å²) in [6.07, 6.45) is 2.10. The molecule has 1 unspecified atom stereocenters. The fraction of sp³-hybridized carbons (Fsp3) is 0.611. The maximum atomic E-state index is 5.96. The van der Waals surface area contributed by atoms with Crippen LogP contribution in [0.2, 0.25) is 0 Å². The van der Waals surface area contributed by atoms with E-state index in [0.717, 1.165) is 30.5 Å². The standard InChI is InChI=1S/C18H31N3O2S.HI/c1-7-19-17(21-13-18(3,4)24-6)20-12-14(2)23-16-11-9-8-10-15(16)22-5;/h8-11,14H,7,12-13H2,1-6H3,(H2,19,20,21);1H. The van der Waals surface area contributed by atoms with E-state index in [1.54, 1.807) is 7.11 Å². The number of ether oxygens (including phenoxy) is 2. The number of methoxy groups -OCH3 is 1. The summed E-state index contributed by atoms with van der Waals surface area (Å²) in [4.78, 5) is 4.66. The predicted octanol–water partition coefficient (Wildman–Crippen LogP) is 3.78. The van der Waals surface area contributed by atoms with Gasteiger partial charge < -0.3 is 20.1 Å². The molecule has 1 atom stereocenters. The minimum absolute atomic E-state index is 0. The van der Waals surface area contributed by atoms with Gasteiger partial charge in [-0.05, 0) is 46.1 Å². The summed E-state index contributed by atoms with van der Waals surface area (Å²) >= 11 is 1.82. The number of nitrogens with zero attached hydrogens (tertiary/aromatic N) is 1. The van der Waals surface area contributed by atoms with Crippen LogP contribution in [-0.4, -0.2) is 49.8 Å². The quantitative estimate of drug-likeness (QED) is 0.320. The monoisotopic (exact) mass is 481 g/mol. The number of para-hydroxylation sites is 2. The second-order valence-corrected chi connectivity index (χ2v) is 7.63. The van der Waals surface area contributed by atoms with Gasteiger partial charge in [-0.2, -0.15) is 11.8 Å². The molecule has 25 heavy (non-hydrogen) atoms. The van der Waals surface area contributed by atoms with Gasteiger partial charge in [-0.15, -0.1) is 24.0 Å².